The Hall–Kier alpha value is -2.44. The lowest BCUT2D eigenvalue weighted by molar-refractivity contribution is -0.384. The molecular weight excluding hydrogens is 342 g/mol. The van der Waals surface area contributed by atoms with Crippen molar-refractivity contribution in [2.45, 2.75) is 38.3 Å². The lowest BCUT2D eigenvalue weighted by atomic mass is 9.88. The summed E-state index contributed by atoms with van der Waals surface area (Å²) in [7, 11) is 0. The fraction of sp³-hybridized carbons (Fsp3) is 0.429. The third-order valence-corrected chi connectivity index (χ3v) is 5.31. The van der Waals surface area contributed by atoms with Crippen LogP contribution >= 0.6 is 0 Å². The number of nitrogens with zero attached hydrogens (tertiary/aromatic N) is 1. The minimum atomic E-state index is -0.361. The van der Waals surface area contributed by atoms with Crippen molar-refractivity contribution in [3.8, 4) is 0 Å². The average Bonchev–Trinajstić information content (AvgIpc) is 2.68. The molecule has 1 unspecified atom stereocenters. The minimum Gasteiger partial charge on any atom is -0.383 e. The highest BCUT2D eigenvalue weighted by Crippen LogP contribution is 2.28. The molecule has 2 aromatic carbocycles. The number of non-ortho nitro benzene ring substituents is 1. The van der Waals surface area contributed by atoms with E-state index in [0.717, 1.165) is 43.9 Å². The van der Waals surface area contributed by atoms with Crippen LogP contribution in [0.3, 0.4) is 0 Å². The van der Waals surface area contributed by atoms with Crippen molar-refractivity contribution < 1.29 is 9.66 Å². The molecule has 2 aromatic rings. The highest BCUT2D eigenvalue weighted by atomic mass is 16.6. The number of benzene rings is 2. The Labute approximate surface area is 160 Å². The molecule has 0 amide bonds. The van der Waals surface area contributed by atoms with E-state index in [-0.39, 0.29) is 22.2 Å². The van der Waals surface area contributed by atoms with Crippen molar-refractivity contribution in [3.05, 3.63) is 69.8 Å². The molecule has 144 valence electrons. The van der Waals surface area contributed by atoms with Gasteiger partial charge >= 0.3 is 0 Å². The van der Waals surface area contributed by atoms with Crippen LogP contribution in [0.15, 0.2) is 48.5 Å². The third kappa shape index (κ3) is 4.84. The summed E-state index contributed by atoms with van der Waals surface area (Å²) in [6.45, 7) is 6.28. The second-order valence-corrected chi connectivity index (χ2v) is 7.28. The molecule has 0 radical (unpaired) electrons. The van der Waals surface area contributed by atoms with Crippen LogP contribution in [0.5, 0.6) is 0 Å². The van der Waals surface area contributed by atoms with Gasteiger partial charge in [-0.25, -0.2) is 0 Å². The molecule has 0 bridgehead atoms. The summed E-state index contributed by atoms with van der Waals surface area (Å²) in [5, 5.41) is 18.3. The Kier molecular flexibility index (Phi) is 6.08. The number of aryl methyl sites for hydroxylation is 1. The smallest absolute Gasteiger partial charge is 0.269 e. The molecule has 0 spiro atoms. The SMILES string of the molecule is Cc1cc([N+](=O)[O-])ccc1NCC1(NC(C)c2ccccc2)CCOCC1. The van der Waals surface area contributed by atoms with E-state index >= 15 is 0 Å². The Morgan fingerprint density at radius 2 is 1.89 bits per heavy atom. The van der Waals surface area contributed by atoms with Gasteiger partial charge in [0.25, 0.3) is 5.69 Å². The largest absolute Gasteiger partial charge is 0.383 e. The summed E-state index contributed by atoms with van der Waals surface area (Å²) in [5.74, 6) is 0. The van der Waals surface area contributed by atoms with Gasteiger partial charge in [0.05, 0.1) is 4.92 Å². The number of nitrogens with one attached hydrogen (secondary N) is 2. The minimum absolute atomic E-state index is 0.0816. The van der Waals surface area contributed by atoms with Crippen LogP contribution in [0, 0.1) is 17.0 Å². The summed E-state index contributed by atoms with van der Waals surface area (Å²) in [4.78, 5) is 10.6. The molecular formula is C21H27N3O3. The van der Waals surface area contributed by atoms with Crippen LogP contribution in [0.4, 0.5) is 11.4 Å². The van der Waals surface area contributed by atoms with Gasteiger partial charge in [-0.15, -0.1) is 0 Å². The number of anilines is 1. The van der Waals surface area contributed by atoms with Crippen molar-refractivity contribution in [1.82, 2.24) is 5.32 Å². The van der Waals surface area contributed by atoms with Crippen LogP contribution in [-0.4, -0.2) is 30.2 Å². The zero-order valence-corrected chi connectivity index (χ0v) is 15.9. The predicted molar refractivity (Wildman–Crippen MR) is 107 cm³/mol. The second kappa shape index (κ2) is 8.50. The molecule has 0 aliphatic carbocycles. The molecule has 1 atom stereocenters. The molecule has 3 rings (SSSR count). The number of nitro groups is 1. The van der Waals surface area contributed by atoms with Crippen molar-refractivity contribution in [2.75, 3.05) is 25.1 Å². The Morgan fingerprint density at radius 3 is 2.52 bits per heavy atom. The van der Waals surface area contributed by atoms with E-state index in [0.29, 0.717) is 0 Å². The van der Waals surface area contributed by atoms with Gasteiger partial charge < -0.3 is 15.4 Å². The number of hydrogen-bond acceptors (Lipinski definition) is 5. The summed E-state index contributed by atoms with van der Waals surface area (Å²) >= 11 is 0. The molecule has 0 saturated carbocycles. The van der Waals surface area contributed by atoms with Crippen molar-refractivity contribution in [3.63, 3.8) is 0 Å². The molecule has 27 heavy (non-hydrogen) atoms. The van der Waals surface area contributed by atoms with Crippen LogP contribution < -0.4 is 10.6 Å². The van der Waals surface area contributed by atoms with Crippen molar-refractivity contribution in [1.29, 1.82) is 0 Å². The second-order valence-electron chi connectivity index (χ2n) is 7.28. The van der Waals surface area contributed by atoms with Gasteiger partial charge in [0.2, 0.25) is 0 Å². The fourth-order valence-electron chi connectivity index (χ4n) is 3.64. The highest BCUT2D eigenvalue weighted by Gasteiger charge is 2.34. The number of rotatable bonds is 7. The van der Waals surface area contributed by atoms with Crippen molar-refractivity contribution >= 4 is 11.4 Å². The first kappa shape index (κ1) is 19.3. The quantitative estimate of drug-likeness (QED) is 0.565. The summed E-state index contributed by atoms with van der Waals surface area (Å²) in [5.41, 5.74) is 3.11. The number of nitro benzene ring substituents is 1. The topological polar surface area (TPSA) is 76.4 Å². The van der Waals surface area contributed by atoms with Crippen LogP contribution in [0.2, 0.25) is 0 Å². The standard InChI is InChI=1S/C21H27N3O3/c1-16-14-19(24(25)26)8-9-20(16)22-15-21(10-12-27-13-11-21)23-17(2)18-6-4-3-5-7-18/h3-9,14,17,22-23H,10-13,15H2,1-2H3. The molecule has 2 N–H and O–H groups in total. The Morgan fingerprint density at radius 1 is 1.19 bits per heavy atom. The van der Waals surface area contributed by atoms with Gasteiger partial charge in [-0.2, -0.15) is 0 Å². The fourth-order valence-corrected chi connectivity index (χ4v) is 3.64. The van der Waals surface area contributed by atoms with E-state index in [1.54, 1.807) is 18.2 Å². The third-order valence-electron chi connectivity index (χ3n) is 5.31. The first-order chi connectivity index (χ1) is 13.0. The van der Waals surface area contributed by atoms with Crippen LogP contribution in [0.1, 0.15) is 36.9 Å². The molecule has 0 aromatic heterocycles. The average molecular weight is 369 g/mol. The van der Waals surface area contributed by atoms with Gasteiger partial charge in [0.1, 0.15) is 0 Å². The maximum Gasteiger partial charge on any atom is 0.269 e. The number of hydrogen-bond donors (Lipinski definition) is 2. The molecule has 1 aliphatic rings. The predicted octanol–water partition coefficient (Wildman–Crippen LogP) is 4.22. The zero-order chi connectivity index (χ0) is 19.3. The van der Waals surface area contributed by atoms with Crippen LogP contribution in [-0.2, 0) is 4.74 Å². The van der Waals surface area contributed by atoms with E-state index in [9.17, 15) is 10.1 Å². The number of ether oxygens (including phenoxy) is 1. The van der Waals surface area contributed by atoms with Crippen LogP contribution in [0.25, 0.3) is 0 Å². The van der Waals surface area contributed by atoms with E-state index in [1.807, 2.05) is 13.0 Å². The van der Waals surface area contributed by atoms with Gasteiger partial charge in [0.15, 0.2) is 0 Å². The van der Waals surface area contributed by atoms with E-state index in [1.165, 1.54) is 5.56 Å². The van der Waals surface area contributed by atoms with Crippen molar-refractivity contribution in [2.24, 2.45) is 0 Å². The summed E-state index contributed by atoms with van der Waals surface area (Å²) < 4.78 is 5.59. The maximum absolute atomic E-state index is 10.9. The van der Waals surface area contributed by atoms with E-state index in [2.05, 4.69) is 41.8 Å². The summed E-state index contributed by atoms with van der Waals surface area (Å²) in [6.07, 6.45) is 1.84. The Balaban J connectivity index is 1.72. The highest BCUT2D eigenvalue weighted by molar-refractivity contribution is 5.55. The molecule has 1 heterocycles. The molecule has 6 nitrogen and oxygen atoms in total. The van der Waals surface area contributed by atoms with Gasteiger partial charge in [-0.1, -0.05) is 30.3 Å². The van der Waals surface area contributed by atoms with Gasteiger partial charge in [-0.05, 0) is 43.9 Å². The zero-order valence-electron chi connectivity index (χ0n) is 15.9. The van der Waals surface area contributed by atoms with Gasteiger partial charge in [0, 0.05) is 49.2 Å². The van der Waals surface area contributed by atoms with Gasteiger partial charge in [-0.3, -0.25) is 10.1 Å². The maximum atomic E-state index is 10.9. The molecule has 1 fully saturated rings. The summed E-state index contributed by atoms with van der Waals surface area (Å²) in [6, 6.07) is 15.6. The molecule has 1 aliphatic heterocycles. The van der Waals surface area contributed by atoms with E-state index < -0.39 is 0 Å². The lowest BCUT2D eigenvalue weighted by Crippen LogP contribution is -2.54. The van der Waals surface area contributed by atoms with E-state index in [4.69, 9.17) is 4.74 Å². The monoisotopic (exact) mass is 369 g/mol. The Bertz CT molecular complexity index is 773. The molecule has 1 saturated heterocycles. The first-order valence-corrected chi connectivity index (χ1v) is 9.38. The normalized spacial score (nSPS) is 17.3. The lowest BCUT2D eigenvalue weighted by Gasteiger charge is -2.41. The first-order valence-electron chi connectivity index (χ1n) is 9.38. The molecule has 6 heteroatoms.